The van der Waals surface area contributed by atoms with Gasteiger partial charge < -0.3 is 9.52 Å². The third-order valence-electron chi connectivity index (χ3n) is 6.09. The summed E-state index contributed by atoms with van der Waals surface area (Å²) in [7, 11) is 0. The number of nitrogens with zero attached hydrogens (tertiary/aromatic N) is 3. The molecule has 9 nitrogen and oxygen atoms in total. The number of aromatic amines is 1. The van der Waals surface area contributed by atoms with E-state index in [4.69, 9.17) is 16.0 Å². The second-order valence-corrected chi connectivity index (χ2v) is 9.31. The second-order valence-electron chi connectivity index (χ2n) is 8.88. The van der Waals surface area contributed by atoms with E-state index in [1.165, 1.54) is 11.5 Å². The number of furan rings is 1. The summed E-state index contributed by atoms with van der Waals surface area (Å²) in [6.07, 6.45) is -0.388. The van der Waals surface area contributed by atoms with Crippen molar-refractivity contribution in [2.45, 2.75) is 25.9 Å². The Kier molecular flexibility index (Phi) is 6.85. The topological polar surface area (TPSA) is 123 Å². The van der Waals surface area contributed by atoms with Gasteiger partial charge in [-0.3, -0.25) is 14.3 Å². The van der Waals surface area contributed by atoms with Crippen LogP contribution in [0.4, 0.5) is 5.69 Å². The molecule has 0 saturated heterocycles. The van der Waals surface area contributed by atoms with Crippen molar-refractivity contribution in [1.29, 1.82) is 0 Å². The maximum atomic E-state index is 13.5. The molecular weight excluding hydrogens is 508 g/mol. The average Bonchev–Trinajstić information content (AvgIpc) is 3.31. The lowest BCUT2D eigenvalue weighted by atomic mass is 10.1. The van der Waals surface area contributed by atoms with Crippen molar-refractivity contribution in [3.8, 4) is 11.3 Å². The molecule has 0 aliphatic heterocycles. The number of carboxylic acids is 1. The van der Waals surface area contributed by atoms with Gasteiger partial charge in [-0.1, -0.05) is 54.1 Å². The van der Waals surface area contributed by atoms with Crippen molar-refractivity contribution >= 4 is 34.2 Å². The highest BCUT2D eigenvalue weighted by Gasteiger charge is 2.18. The normalized spacial score (nSPS) is 12.6. The zero-order chi connectivity index (χ0) is 26.8. The first-order valence-electron chi connectivity index (χ1n) is 11.8. The van der Waals surface area contributed by atoms with Crippen LogP contribution in [-0.2, 0) is 11.3 Å². The summed E-state index contributed by atoms with van der Waals surface area (Å²) in [4.78, 5) is 44.9. The second kappa shape index (κ2) is 10.4. The fourth-order valence-electron chi connectivity index (χ4n) is 4.23. The number of carboxylic acid groups (broad SMARTS) is 1. The monoisotopic (exact) mass is 530 g/mol. The van der Waals surface area contributed by atoms with Crippen LogP contribution in [0.1, 0.15) is 24.9 Å². The third-order valence-corrected chi connectivity index (χ3v) is 6.34. The summed E-state index contributed by atoms with van der Waals surface area (Å²) in [5, 5.41) is 10.5. The number of hydrogen-bond acceptors (Lipinski definition) is 5. The lowest BCUT2D eigenvalue weighted by Gasteiger charge is -2.15. The van der Waals surface area contributed by atoms with Crippen molar-refractivity contribution in [3.63, 3.8) is 0 Å². The van der Waals surface area contributed by atoms with Crippen molar-refractivity contribution in [2.24, 2.45) is 4.99 Å². The summed E-state index contributed by atoms with van der Waals surface area (Å²) in [5.74, 6) is -0.413. The Morgan fingerprint density at radius 2 is 1.79 bits per heavy atom. The number of rotatable bonds is 7. The number of H-pyrrole nitrogens is 1. The van der Waals surface area contributed by atoms with Crippen LogP contribution in [0.25, 0.3) is 22.3 Å². The number of benzene rings is 3. The molecule has 0 bridgehead atoms. The SMILES string of the molecule is C[C@@H](CC(=O)O)n1c(=O)[nH]/c(=N\c2ccc3oc(-c4ccccc4)cc3c2)n(Cc2ccc(Cl)cc2)c1=O. The van der Waals surface area contributed by atoms with Crippen LogP contribution >= 0.6 is 11.6 Å². The molecule has 10 heteroatoms. The first-order valence-corrected chi connectivity index (χ1v) is 12.2. The zero-order valence-corrected chi connectivity index (χ0v) is 21.1. The molecule has 192 valence electrons. The first-order chi connectivity index (χ1) is 18.3. The van der Waals surface area contributed by atoms with Gasteiger partial charge in [-0.2, -0.15) is 0 Å². The van der Waals surface area contributed by atoms with E-state index in [2.05, 4.69) is 9.98 Å². The average molecular weight is 531 g/mol. The van der Waals surface area contributed by atoms with Crippen LogP contribution in [0, 0.1) is 0 Å². The van der Waals surface area contributed by atoms with Gasteiger partial charge in [0.05, 0.1) is 24.7 Å². The molecule has 38 heavy (non-hydrogen) atoms. The lowest BCUT2D eigenvalue weighted by molar-refractivity contribution is -0.137. The molecule has 2 aromatic heterocycles. The Hall–Kier alpha value is -4.63. The van der Waals surface area contributed by atoms with Crippen molar-refractivity contribution in [3.05, 3.63) is 116 Å². The molecule has 0 aliphatic rings. The first kappa shape index (κ1) is 25.0. The Balaban J connectivity index is 1.64. The van der Waals surface area contributed by atoms with E-state index in [1.807, 2.05) is 36.4 Å². The maximum Gasteiger partial charge on any atom is 0.335 e. The smallest absolute Gasteiger partial charge is 0.335 e. The van der Waals surface area contributed by atoms with Crippen LogP contribution in [0.3, 0.4) is 0 Å². The van der Waals surface area contributed by atoms with Gasteiger partial charge in [0.15, 0.2) is 0 Å². The summed E-state index contributed by atoms with van der Waals surface area (Å²) in [6.45, 7) is 1.59. The molecule has 0 saturated carbocycles. The Morgan fingerprint density at radius 1 is 1.05 bits per heavy atom. The number of aliphatic carboxylic acids is 1. The highest BCUT2D eigenvalue weighted by Crippen LogP contribution is 2.30. The summed E-state index contributed by atoms with van der Waals surface area (Å²) >= 11 is 6.01. The zero-order valence-electron chi connectivity index (χ0n) is 20.3. The van der Waals surface area contributed by atoms with Crippen LogP contribution < -0.4 is 17.0 Å². The Labute approximate surface area is 220 Å². The molecule has 0 amide bonds. The molecular formula is C28H23ClN4O5. The number of fused-ring (bicyclic) bond motifs is 1. The highest BCUT2D eigenvalue weighted by atomic mass is 35.5. The van der Waals surface area contributed by atoms with Crippen molar-refractivity contribution in [1.82, 2.24) is 14.1 Å². The van der Waals surface area contributed by atoms with Gasteiger partial charge in [0.25, 0.3) is 0 Å². The van der Waals surface area contributed by atoms with E-state index >= 15 is 0 Å². The van der Waals surface area contributed by atoms with Gasteiger partial charge in [0.2, 0.25) is 5.62 Å². The van der Waals surface area contributed by atoms with Gasteiger partial charge in [0.1, 0.15) is 11.3 Å². The molecule has 2 heterocycles. The number of nitrogens with one attached hydrogen (secondary N) is 1. The van der Waals surface area contributed by atoms with Gasteiger partial charge >= 0.3 is 17.3 Å². The van der Waals surface area contributed by atoms with Gasteiger partial charge in [0, 0.05) is 16.0 Å². The molecule has 0 fully saturated rings. The molecule has 2 N–H and O–H groups in total. The van der Waals surface area contributed by atoms with Crippen LogP contribution in [0.2, 0.25) is 5.02 Å². The largest absolute Gasteiger partial charge is 0.481 e. The molecule has 0 spiro atoms. The quantitative estimate of drug-likeness (QED) is 0.315. The fourth-order valence-corrected chi connectivity index (χ4v) is 4.36. The van der Waals surface area contributed by atoms with E-state index in [-0.39, 0.29) is 18.6 Å². The van der Waals surface area contributed by atoms with E-state index in [0.717, 1.165) is 21.1 Å². The summed E-state index contributed by atoms with van der Waals surface area (Å²) in [6, 6.07) is 22.9. The molecule has 5 aromatic rings. The maximum absolute atomic E-state index is 13.5. The predicted octanol–water partition coefficient (Wildman–Crippen LogP) is 4.72. The molecule has 1 atom stereocenters. The minimum atomic E-state index is -1.12. The number of aromatic nitrogens is 3. The summed E-state index contributed by atoms with van der Waals surface area (Å²) in [5.41, 5.74) is 1.46. The van der Waals surface area contributed by atoms with Gasteiger partial charge in [-0.25, -0.2) is 19.1 Å². The minimum absolute atomic E-state index is 0.0276. The molecule has 0 radical (unpaired) electrons. The lowest BCUT2D eigenvalue weighted by Crippen LogP contribution is -2.51. The highest BCUT2D eigenvalue weighted by molar-refractivity contribution is 6.30. The van der Waals surface area contributed by atoms with E-state index in [9.17, 15) is 19.5 Å². The van der Waals surface area contributed by atoms with Gasteiger partial charge in [-0.15, -0.1) is 0 Å². The molecule has 0 aliphatic carbocycles. The van der Waals surface area contributed by atoms with Crippen molar-refractivity contribution in [2.75, 3.05) is 0 Å². The molecule has 3 aromatic carbocycles. The minimum Gasteiger partial charge on any atom is -0.481 e. The number of carbonyl (C=O) groups is 1. The van der Waals surface area contributed by atoms with Gasteiger partial charge in [-0.05, 0) is 48.9 Å². The molecule has 5 rings (SSSR count). The third kappa shape index (κ3) is 5.23. The number of halogens is 1. The number of hydrogen-bond donors (Lipinski definition) is 2. The predicted molar refractivity (Wildman–Crippen MR) is 144 cm³/mol. The van der Waals surface area contributed by atoms with E-state index in [0.29, 0.717) is 22.1 Å². The van der Waals surface area contributed by atoms with E-state index in [1.54, 1.807) is 42.5 Å². The fraction of sp³-hybridized carbons (Fsp3) is 0.143. The Morgan fingerprint density at radius 3 is 2.50 bits per heavy atom. The van der Waals surface area contributed by atoms with Crippen LogP contribution in [0.15, 0.2) is 97.9 Å². The van der Waals surface area contributed by atoms with Crippen LogP contribution in [-0.4, -0.2) is 25.2 Å². The van der Waals surface area contributed by atoms with E-state index < -0.39 is 23.4 Å². The Bertz CT molecular complexity index is 1820. The standard InChI is InChI=1S/C28H23ClN4O5/c1-17(13-25(34)35)33-27(36)31-26(32(28(33)37)16-18-7-9-21(29)10-8-18)30-22-11-12-23-20(14-22)15-24(38-23)19-5-3-2-4-6-19/h2-12,14-15,17H,13,16H2,1H3,(H,34,35)(H,30,31,36)/t17-/m0/s1. The summed E-state index contributed by atoms with van der Waals surface area (Å²) < 4.78 is 8.17. The molecule has 0 unspecified atom stereocenters. The van der Waals surface area contributed by atoms with Crippen molar-refractivity contribution < 1.29 is 14.3 Å². The van der Waals surface area contributed by atoms with Crippen LogP contribution in [0.5, 0.6) is 0 Å².